The predicted octanol–water partition coefficient (Wildman–Crippen LogP) is 2.87. The first kappa shape index (κ1) is 17.9. The lowest BCUT2D eigenvalue weighted by molar-refractivity contribution is 0.0929. The van der Waals surface area contributed by atoms with Crippen molar-refractivity contribution < 1.29 is 14.3 Å². The van der Waals surface area contributed by atoms with Crippen LogP contribution in [-0.4, -0.2) is 38.8 Å². The van der Waals surface area contributed by atoms with Gasteiger partial charge in [-0.2, -0.15) is 0 Å². The van der Waals surface area contributed by atoms with Gasteiger partial charge in [-0.3, -0.25) is 4.79 Å². The van der Waals surface area contributed by atoms with Crippen LogP contribution in [0.3, 0.4) is 0 Å². The summed E-state index contributed by atoms with van der Waals surface area (Å²) in [5.41, 5.74) is 0.488. The Morgan fingerprint density at radius 2 is 2.09 bits per heavy atom. The van der Waals surface area contributed by atoms with Gasteiger partial charge in [0, 0.05) is 11.6 Å². The lowest BCUT2D eigenvalue weighted by Gasteiger charge is -2.24. The summed E-state index contributed by atoms with van der Waals surface area (Å²) in [5, 5.41) is 6.72. The number of ether oxygens (including phenoxy) is 2. The van der Waals surface area contributed by atoms with E-state index in [2.05, 4.69) is 24.5 Å². The lowest BCUT2D eigenvalue weighted by atomic mass is 10.1. The highest BCUT2D eigenvalue weighted by atomic mass is 35.5. The fraction of sp³-hybridized carbons (Fsp3) is 0.588. The number of benzene rings is 1. The Hall–Kier alpha value is -1.46. The molecule has 0 bridgehead atoms. The van der Waals surface area contributed by atoms with Crippen molar-refractivity contribution in [1.82, 2.24) is 10.6 Å². The summed E-state index contributed by atoms with van der Waals surface area (Å²) in [5.74, 6) is 1.21. The van der Waals surface area contributed by atoms with Gasteiger partial charge < -0.3 is 20.1 Å². The van der Waals surface area contributed by atoms with Crippen LogP contribution in [0.1, 0.15) is 37.0 Å². The van der Waals surface area contributed by atoms with Gasteiger partial charge in [-0.1, -0.05) is 25.4 Å². The number of hydrogen-bond donors (Lipinski definition) is 2. The molecule has 1 amide bonds. The zero-order chi connectivity index (χ0) is 16.8. The van der Waals surface area contributed by atoms with Crippen molar-refractivity contribution in [3.8, 4) is 11.5 Å². The van der Waals surface area contributed by atoms with Crippen LogP contribution in [0.5, 0.6) is 11.5 Å². The average Bonchev–Trinajstić information content (AvgIpc) is 2.53. The molecule has 5 nitrogen and oxygen atoms in total. The van der Waals surface area contributed by atoms with Crippen molar-refractivity contribution in [3.05, 3.63) is 22.7 Å². The maximum atomic E-state index is 12.4. The molecule has 1 aromatic carbocycles. The summed E-state index contributed by atoms with van der Waals surface area (Å²) in [4.78, 5) is 12.4. The van der Waals surface area contributed by atoms with Gasteiger partial charge in [0.15, 0.2) is 11.5 Å². The molecule has 0 saturated carbocycles. The second-order valence-electron chi connectivity index (χ2n) is 6.19. The number of nitrogens with one attached hydrogen (secondary N) is 2. The summed E-state index contributed by atoms with van der Waals surface area (Å²) in [7, 11) is 1.54. The molecule has 0 spiro atoms. The average molecular weight is 341 g/mol. The minimum absolute atomic E-state index is 0.132. The van der Waals surface area contributed by atoms with Gasteiger partial charge in [-0.15, -0.1) is 0 Å². The van der Waals surface area contributed by atoms with Gasteiger partial charge in [0.1, 0.15) is 0 Å². The van der Waals surface area contributed by atoms with Crippen LogP contribution in [0.4, 0.5) is 0 Å². The Morgan fingerprint density at radius 1 is 1.39 bits per heavy atom. The first-order valence-electron chi connectivity index (χ1n) is 8.03. The molecule has 0 aromatic heterocycles. The van der Waals surface area contributed by atoms with Crippen LogP contribution in [0, 0.1) is 5.92 Å². The van der Waals surface area contributed by atoms with Crippen molar-refractivity contribution in [2.75, 3.05) is 26.8 Å². The Bertz CT molecular complexity index is 543. The molecule has 1 aliphatic rings. The zero-order valence-corrected chi connectivity index (χ0v) is 14.7. The first-order chi connectivity index (χ1) is 11.0. The molecule has 1 aromatic rings. The summed E-state index contributed by atoms with van der Waals surface area (Å²) in [6.07, 6.45) is 1.87. The van der Waals surface area contributed by atoms with Crippen LogP contribution < -0.4 is 20.1 Å². The molecular weight excluding hydrogens is 316 g/mol. The highest BCUT2D eigenvalue weighted by Crippen LogP contribution is 2.36. The highest BCUT2D eigenvalue weighted by molar-refractivity contribution is 6.32. The standard InChI is InChI=1S/C17H25ClN2O3/c1-11(2)10-23-16-14(18)8-12(9-15(16)22-3)17(21)20-13-4-6-19-7-5-13/h8-9,11,13,19H,4-7,10H2,1-3H3,(H,20,21). The highest BCUT2D eigenvalue weighted by Gasteiger charge is 2.20. The van der Waals surface area contributed by atoms with Crippen molar-refractivity contribution in [1.29, 1.82) is 0 Å². The number of halogens is 1. The largest absolute Gasteiger partial charge is 0.493 e. The number of rotatable bonds is 6. The number of piperidine rings is 1. The Labute approximate surface area is 142 Å². The van der Waals surface area contributed by atoms with Crippen molar-refractivity contribution in [2.45, 2.75) is 32.7 Å². The molecule has 1 aliphatic heterocycles. The lowest BCUT2D eigenvalue weighted by Crippen LogP contribution is -2.42. The van der Waals surface area contributed by atoms with Gasteiger partial charge in [0.25, 0.3) is 5.91 Å². The summed E-state index contributed by atoms with van der Waals surface area (Å²) in [6, 6.07) is 3.51. The quantitative estimate of drug-likeness (QED) is 0.836. The van der Waals surface area contributed by atoms with Crippen molar-refractivity contribution in [2.24, 2.45) is 5.92 Å². The van der Waals surface area contributed by atoms with Gasteiger partial charge in [-0.05, 0) is 44.0 Å². The fourth-order valence-corrected chi connectivity index (χ4v) is 2.74. The maximum absolute atomic E-state index is 12.4. The van der Waals surface area contributed by atoms with Gasteiger partial charge >= 0.3 is 0 Å². The molecule has 128 valence electrons. The second-order valence-corrected chi connectivity index (χ2v) is 6.60. The van der Waals surface area contributed by atoms with Crippen LogP contribution in [0.15, 0.2) is 12.1 Å². The molecule has 0 unspecified atom stereocenters. The summed E-state index contributed by atoms with van der Waals surface area (Å²) < 4.78 is 11.0. The molecule has 23 heavy (non-hydrogen) atoms. The topological polar surface area (TPSA) is 59.6 Å². The zero-order valence-electron chi connectivity index (χ0n) is 13.9. The number of methoxy groups -OCH3 is 1. The fourth-order valence-electron chi connectivity index (χ4n) is 2.48. The molecule has 1 saturated heterocycles. The monoisotopic (exact) mass is 340 g/mol. The summed E-state index contributed by atoms with van der Waals surface area (Å²) >= 11 is 6.29. The van der Waals surface area contributed by atoms with E-state index in [9.17, 15) is 4.79 Å². The van der Waals surface area contributed by atoms with Crippen molar-refractivity contribution in [3.63, 3.8) is 0 Å². The molecule has 6 heteroatoms. The van der Waals surface area contributed by atoms with E-state index >= 15 is 0 Å². The smallest absolute Gasteiger partial charge is 0.251 e. The van der Waals surface area contributed by atoms with Crippen molar-refractivity contribution >= 4 is 17.5 Å². The molecule has 0 radical (unpaired) electrons. The second kappa shape index (κ2) is 8.41. The van der Waals surface area contributed by atoms with E-state index in [-0.39, 0.29) is 11.9 Å². The predicted molar refractivity (Wildman–Crippen MR) is 91.7 cm³/mol. The van der Waals surface area contributed by atoms with Crippen LogP contribution in [0.2, 0.25) is 5.02 Å². The normalized spacial score (nSPS) is 15.5. The maximum Gasteiger partial charge on any atom is 0.251 e. The van der Waals surface area contributed by atoms with Crippen LogP contribution >= 0.6 is 11.6 Å². The van der Waals surface area contributed by atoms with E-state index in [1.807, 2.05) is 0 Å². The van der Waals surface area contributed by atoms with E-state index in [1.165, 1.54) is 0 Å². The van der Waals surface area contributed by atoms with Crippen LogP contribution in [-0.2, 0) is 0 Å². The van der Waals surface area contributed by atoms with Crippen LogP contribution in [0.25, 0.3) is 0 Å². The first-order valence-corrected chi connectivity index (χ1v) is 8.41. The molecular formula is C17H25ClN2O3. The molecule has 2 rings (SSSR count). The Morgan fingerprint density at radius 3 is 2.70 bits per heavy atom. The third-order valence-electron chi connectivity index (χ3n) is 3.73. The van der Waals surface area contributed by atoms with E-state index in [1.54, 1.807) is 19.2 Å². The molecule has 2 N–H and O–H groups in total. The Kier molecular flexibility index (Phi) is 6.54. The number of amides is 1. The van der Waals surface area contributed by atoms with Gasteiger partial charge in [0.2, 0.25) is 0 Å². The van der Waals surface area contributed by atoms with E-state index in [4.69, 9.17) is 21.1 Å². The van der Waals surface area contributed by atoms with Gasteiger partial charge in [-0.25, -0.2) is 0 Å². The SMILES string of the molecule is COc1cc(C(=O)NC2CCNCC2)cc(Cl)c1OCC(C)C. The molecule has 1 heterocycles. The minimum Gasteiger partial charge on any atom is -0.493 e. The summed E-state index contributed by atoms with van der Waals surface area (Å²) in [6.45, 7) is 6.51. The number of carbonyl (C=O) groups is 1. The van der Waals surface area contributed by atoms with E-state index in [0.717, 1.165) is 25.9 Å². The van der Waals surface area contributed by atoms with E-state index in [0.29, 0.717) is 34.6 Å². The third kappa shape index (κ3) is 5.01. The van der Waals surface area contributed by atoms with E-state index < -0.39 is 0 Å². The van der Waals surface area contributed by atoms with Gasteiger partial charge in [0.05, 0.1) is 18.7 Å². The molecule has 1 fully saturated rings. The number of carbonyl (C=O) groups excluding carboxylic acids is 1. The Balaban J connectivity index is 2.12. The minimum atomic E-state index is -0.132. The molecule has 0 aliphatic carbocycles. The molecule has 0 atom stereocenters. The number of hydrogen-bond acceptors (Lipinski definition) is 4. The third-order valence-corrected chi connectivity index (χ3v) is 4.01.